The molecule has 0 radical (unpaired) electrons. The van der Waals surface area contributed by atoms with Gasteiger partial charge in [0, 0.05) is 17.0 Å². The number of rotatable bonds is 6. The Kier molecular flexibility index (Phi) is 5.93. The summed E-state index contributed by atoms with van der Waals surface area (Å²) >= 11 is 7.67. The summed E-state index contributed by atoms with van der Waals surface area (Å²) in [6, 6.07) is 5.02. The average Bonchev–Trinajstić information content (AvgIpc) is 2.74. The molecule has 0 amide bonds. The van der Waals surface area contributed by atoms with E-state index in [-0.39, 0.29) is 12.1 Å². The van der Waals surface area contributed by atoms with E-state index >= 15 is 0 Å². The quantitative estimate of drug-likeness (QED) is 0.852. The Balaban J connectivity index is 2.95. The highest BCUT2D eigenvalue weighted by atomic mass is 35.5. The third kappa shape index (κ3) is 3.68. The van der Waals surface area contributed by atoms with Gasteiger partial charge in [-0.1, -0.05) is 25.4 Å². The molecule has 1 rings (SSSR count). The molecule has 1 aromatic heterocycles. The van der Waals surface area contributed by atoms with E-state index < -0.39 is 0 Å². The van der Waals surface area contributed by atoms with E-state index in [0.29, 0.717) is 6.04 Å². The van der Waals surface area contributed by atoms with Crippen molar-refractivity contribution < 1.29 is 0 Å². The van der Waals surface area contributed by atoms with Crippen LogP contribution in [0.1, 0.15) is 44.5 Å². The highest BCUT2D eigenvalue weighted by Gasteiger charge is 2.26. The fraction of sp³-hybridized carbons (Fsp3) is 0.692. The first-order valence-electron chi connectivity index (χ1n) is 6.23. The van der Waals surface area contributed by atoms with Gasteiger partial charge in [-0.3, -0.25) is 4.90 Å². The number of nitrogens with zero attached hydrogens (tertiary/aromatic N) is 1. The van der Waals surface area contributed by atoms with Gasteiger partial charge < -0.3 is 5.73 Å². The molecule has 0 spiro atoms. The van der Waals surface area contributed by atoms with E-state index in [0.717, 1.165) is 17.2 Å². The molecular weight excluding hydrogens is 252 g/mol. The van der Waals surface area contributed by atoms with Crippen LogP contribution in [0.2, 0.25) is 4.34 Å². The minimum atomic E-state index is 0.156. The third-order valence-electron chi connectivity index (χ3n) is 3.49. The van der Waals surface area contributed by atoms with E-state index in [1.54, 1.807) is 11.3 Å². The summed E-state index contributed by atoms with van der Waals surface area (Å²) in [7, 11) is 2.15. The van der Waals surface area contributed by atoms with Crippen molar-refractivity contribution in [1.29, 1.82) is 0 Å². The second kappa shape index (κ2) is 6.74. The molecule has 0 aliphatic heterocycles. The van der Waals surface area contributed by atoms with Crippen LogP contribution in [0, 0.1) is 0 Å². The van der Waals surface area contributed by atoms with Gasteiger partial charge in [-0.25, -0.2) is 0 Å². The smallest absolute Gasteiger partial charge is 0.0931 e. The Labute approximate surface area is 114 Å². The minimum Gasteiger partial charge on any atom is -0.326 e. The number of thiophene rings is 1. The third-order valence-corrected chi connectivity index (χ3v) is 4.79. The Morgan fingerprint density at radius 3 is 2.41 bits per heavy atom. The maximum atomic E-state index is 6.27. The lowest BCUT2D eigenvalue weighted by molar-refractivity contribution is 0.157. The Hall–Kier alpha value is -0.0900. The Morgan fingerprint density at radius 1 is 1.35 bits per heavy atom. The van der Waals surface area contributed by atoms with Gasteiger partial charge in [-0.05, 0) is 38.9 Å². The van der Waals surface area contributed by atoms with E-state index in [1.165, 1.54) is 4.88 Å². The topological polar surface area (TPSA) is 29.3 Å². The SMILES string of the molecule is CCC(N)C(c1ccc(Cl)s1)N(C)C(C)CC. The lowest BCUT2D eigenvalue weighted by Gasteiger charge is -2.35. The van der Waals surface area contributed by atoms with E-state index in [9.17, 15) is 0 Å². The molecule has 0 aliphatic rings. The number of hydrogen-bond donors (Lipinski definition) is 1. The van der Waals surface area contributed by atoms with Crippen LogP contribution in [0.5, 0.6) is 0 Å². The van der Waals surface area contributed by atoms with Crippen LogP contribution in [0.4, 0.5) is 0 Å². The largest absolute Gasteiger partial charge is 0.326 e. The molecule has 3 unspecified atom stereocenters. The van der Waals surface area contributed by atoms with Gasteiger partial charge in [0.2, 0.25) is 0 Å². The second-order valence-corrected chi connectivity index (χ2v) is 6.33. The summed E-state index contributed by atoms with van der Waals surface area (Å²) in [5, 5.41) is 0. The lowest BCUT2D eigenvalue weighted by atomic mass is 10.0. The molecule has 4 heteroatoms. The highest BCUT2D eigenvalue weighted by molar-refractivity contribution is 7.16. The maximum Gasteiger partial charge on any atom is 0.0931 e. The molecule has 2 nitrogen and oxygen atoms in total. The number of likely N-dealkylation sites (N-methyl/N-ethyl adjacent to an activating group) is 1. The van der Waals surface area contributed by atoms with Gasteiger partial charge in [0.15, 0.2) is 0 Å². The molecule has 98 valence electrons. The van der Waals surface area contributed by atoms with Crippen LogP contribution in [-0.4, -0.2) is 24.0 Å². The van der Waals surface area contributed by atoms with E-state index in [1.807, 2.05) is 6.07 Å². The molecule has 0 saturated heterocycles. The lowest BCUT2D eigenvalue weighted by Crippen LogP contribution is -2.42. The minimum absolute atomic E-state index is 0.156. The van der Waals surface area contributed by atoms with Gasteiger partial charge in [0.25, 0.3) is 0 Å². The van der Waals surface area contributed by atoms with Crippen molar-refractivity contribution in [3.05, 3.63) is 21.3 Å². The predicted molar refractivity (Wildman–Crippen MR) is 77.9 cm³/mol. The van der Waals surface area contributed by atoms with Gasteiger partial charge in [-0.15, -0.1) is 11.3 Å². The average molecular weight is 275 g/mol. The van der Waals surface area contributed by atoms with Gasteiger partial charge in [0.05, 0.1) is 10.4 Å². The molecule has 0 fully saturated rings. The number of hydrogen-bond acceptors (Lipinski definition) is 3. The molecule has 3 atom stereocenters. The first-order chi connectivity index (χ1) is 8.01. The number of halogens is 1. The van der Waals surface area contributed by atoms with Gasteiger partial charge >= 0.3 is 0 Å². The summed E-state index contributed by atoms with van der Waals surface area (Å²) in [4.78, 5) is 3.64. The summed E-state index contributed by atoms with van der Waals surface area (Å²) in [5.41, 5.74) is 6.27. The highest BCUT2D eigenvalue weighted by Crippen LogP contribution is 2.33. The molecular formula is C13H23ClN2S. The maximum absolute atomic E-state index is 6.27. The summed E-state index contributed by atoms with van der Waals surface area (Å²) in [6.07, 6.45) is 2.10. The predicted octanol–water partition coefficient (Wildman–Crippen LogP) is 3.91. The van der Waals surface area contributed by atoms with E-state index in [2.05, 4.69) is 38.8 Å². The Bertz CT molecular complexity index is 340. The first kappa shape index (κ1) is 15.0. The van der Waals surface area contributed by atoms with Crippen molar-refractivity contribution >= 4 is 22.9 Å². The summed E-state index contributed by atoms with van der Waals surface area (Å²) < 4.78 is 0.839. The standard InChI is InChI=1S/C13H23ClN2S/c1-5-9(3)16(4)13(10(15)6-2)11-7-8-12(14)17-11/h7-10,13H,5-6,15H2,1-4H3. The zero-order valence-electron chi connectivity index (χ0n) is 11.1. The molecule has 17 heavy (non-hydrogen) atoms. The van der Waals surface area contributed by atoms with Crippen LogP contribution in [0.15, 0.2) is 12.1 Å². The van der Waals surface area contributed by atoms with Gasteiger partial charge in [-0.2, -0.15) is 0 Å². The molecule has 2 N–H and O–H groups in total. The fourth-order valence-electron chi connectivity index (χ4n) is 1.99. The number of nitrogens with two attached hydrogens (primary N) is 1. The fourth-order valence-corrected chi connectivity index (χ4v) is 3.28. The second-order valence-electron chi connectivity index (χ2n) is 4.58. The zero-order chi connectivity index (χ0) is 13.0. The van der Waals surface area contributed by atoms with Crippen molar-refractivity contribution in [2.45, 2.75) is 51.7 Å². The Morgan fingerprint density at radius 2 is 2.00 bits per heavy atom. The molecule has 1 aromatic rings. The van der Waals surface area contributed by atoms with E-state index in [4.69, 9.17) is 17.3 Å². The summed E-state index contributed by atoms with van der Waals surface area (Å²) in [6.45, 7) is 6.58. The van der Waals surface area contributed by atoms with Crippen molar-refractivity contribution in [3.63, 3.8) is 0 Å². The summed E-state index contributed by atoms with van der Waals surface area (Å²) in [5.74, 6) is 0. The molecule has 0 saturated carbocycles. The van der Waals surface area contributed by atoms with Crippen LogP contribution >= 0.6 is 22.9 Å². The monoisotopic (exact) mass is 274 g/mol. The van der Waals surface area contributed by atoms with Crippen molar-refractivity contribution in [1.82, 2.24) is 4.90 Å². The van der Waals surface area contributed by atoms with Crippen LogP contribution in [-0.2, 0) is 0 Å². The van der Waals surface area contributed by atoms with Crippen LogP contribution in [0.25, 0.3) is 0 Å². The zero-order valence-corrected chi connectivity index (χ0v) is 12.7. The van der Waals surface area contributed by atoms with Crippen molar-refractivity contribution in [2.24, 2.45) is 5.73 Å². The first-order valence-corrected chi connectivity index (χ1v) is 7.43. The molecule has 0 aliphatic carbocycles. The normalized spacial score (nSPS) is 17.1. The van der Waals surface area contributed by atoms with Crippen molar-refractivity contribution in [2.75, 3.05) is 7.05 Å². The molecule has 0 aromatic carbocycles. The van der Waals surface area contributed by atoms with Crippen LogP contribution in [0.3, 0.4) is 0 Å². The molecule has 0 bridgehead atoms. The van der Waals surface area contributed by atoms with Crippen LogP contribution < -0.4 is 5.73 Å². The van der Waals surface area contributed by atoms with Crippen molar-refractivity contribution in [3.8, 4) is 0 Å². The van der Waals surface area contributed by atoms with Gasteiger partial charge in [0.1, 0.15) is 0 Å². The molecule has 1 heterocycles.